The summed E-state index contributed by atoms with van der Waals surface area (Å²) in [5.74, 6) is -0.416. The van der Waals surface area contributed by atoms with Crippen LogP contribution in [0.4, 0.5) is 16.0 Å². The predicted molar refractivity (Wildman–Crippen MR) is 148 cm³/mol. The van der Waals surface area contributed by atoms with E-state index in [1.807, 2.05) is 37.4 Å². The number of likely N-dealkylation sites (N-methyl/N-ethyl adjacent to an activating group) is 1. The number of hydrogen-bond acceptors (Lipinski definition) is 7. The molecule has 6 rings (SSSR count). The molecule has 2 saturated heterocycles. The van der Waals surface area contributed by atoms with Crippen LogP contribution in [0.2, 0.25) is 0 Å². The maximum Gasteiger partial charge on any atom is 0.256 e. The summed E-state index contributed by atoms with van der Waals surface area (Å²) in [6.07, 6.45) is 4.13. The molecule has 10 nitrogen and oxygen atoms in total. The molecule has 4 heterocycles. The Labute approximate surface area is 230 Å². The molecule has 1 atom stereocenters. The fourth-order valence-electron chi connectivity index (χ4n) is 5.07. The number of amides is 2. The number of nitrogens with zero attached hydrogens (tertiary/aromatic N) is 5. The average Bonchev–Trinajstić information content (AvgIpc) is 3.40. The molecule has 40 heavy (non-hydrogen) atoms. The standard InChI is InChI=1S/C29H30FN7O3/c1-35-11-9-31-25(28(35)39)16-19-2-4-21(5-3-19)33-29-32-18-20-8-10-37(26(20)34-29)22-6-7-23(24(30)17-22)27(38)36-12-14-40-15-13-36/h2-8,10,17-18,25,31H,9,11-16H2,1H3,(H,32,33,34). The summed E-state index contributed by atoms with van der Waals surface area (Å²) >= 11 is 0. The van der Waals surface area contributed by atoms with Gasteiger partial charge in [-0.1, -0.05) is 12.1 Å². The number of fused-ring (bicyclic) bond motifs is 1. The number of nitrogens with one attached hydrogen (secondary N) is 2. The second kappa shape index (κ2) is 11.0. The highest BCUT2D eigenvalue weighted by atomic mass is 19.1. The van der Waals surface area contributed by atoms with E-state index in [0.29, 0.717) is 50.0 Å². The summed E-state index contributed by atoms with van der Waals surface area (Å²) in [6.45, 7) is 3.33. The van der Waals surface area contributed by atoms with E-state index in [0.717, 1.165) is 29.7 Å². The quantitative estimate of drug-likeness (QED) is 0.385. The first-order valence-corrected chi connectivity index (χ1v) is 13.3. The van der Waals surface area contributed by atoms with Gasteiger partial charge in [-0.15, -0.1) is 0 Å². The number of morpholine rings is 1. The van der Waals surface area contributed by atoms with Gasteiger partial charge in [0.2, 0.25) is 11.9 Å². The molecular formula is C29H30FN7O3. The summed E-state index contributed by atoms with van der Waals surface area (Å²) in [7, 11) is 1.83. The number of halogens is 1. The molecule has 0 bridgehead atoms. The highest BCUT2D eigenvalue weighted by Crippen LogP contribution is 2.24. The lowest BCUT2D eigenvalue weighted by Gasteiger charge is -2.30. The third-order valence-electron chi connectivity index (χ3n) is 7.35. The first kappa shape index (κ1) is 25.9. The van der Waals surface area contributed by atoms with Crippen molar-refractivity contribution >= 4 is 34.5 Å². The van der Waals surface area contributed by atoms with Crippen molar-refractivity contribution in [2.24, 2.45) is 0 Å². The van der Waals surface area contributed by atoms with E-state index < -0.39 is 5.82 Å². The van der Waals surface area contributed by atoms with Crippen molar-refractivity contribution in [1.82, 2.24) is 29.7 Å². The fourth-order valence-corrected chi connectivity index (χ4v) is 5.07. The van der Waals surface area contributed by atoms with E-state index >= 15 is 4.39 Å². The monoisotopic (exact) mass is 543 g/mol. The number of piperazine rings is 1. The molecule has 2 aromatic carbocycles. The number of benzene rings is 2. The SMILES string of the molecule is CN1CCNC(Cc2ccc(Nc3ncc4ccn(-c5ccc(C(=O)N6CCOCC6)c(F)c5)c4n3)cc2)C1=O. The number of ether oxygens (including phenoxy) is 1. The van der Waals surface area contributed by atoms with Crippen LogP contribution in [0.1, 0.15) is 15.9 Å². The Morgan fingerprint density at radius 2 is 1.93 bits per heavy atom. The van der Waals surface area contributed by atoms with Crippen LogP contribution in [-0.2, 0) is 16.0 Å². The number of carbonyl (C=O) groups is 2. The highest BCUT2D eigenvalue weighted by molar-refractivity contribution is 5.95. The molecule has 0 aliphatic carbocycles. The van der Waals surface area contributed by atoms with Crippen LogP contribution in [0.25, 0.3) is 16.7 Å². The second-order valence-corrected chi connectivity index (χ2v) is 10.0. The summed E-state index contributed by atoms with van der Waals surface area (Å²) in [4.78, 5) is 37.6. The normalized spacial score (nSPS) is 17.9. The van der Waals surface area contributed by atoms with Crippen LogP contribution < -0.4 is 10.6 Å². The van der Waals surface area contributed by atoms with Gasteiger partial charge in [-0.25, -0.2) is 9.37 Å². The van der Waals surface area contributed by atoms with Crippen LogP contribution in [0.15, 0.2) is 60.9 Å². The van der Waals surface area contributed by atoms with Crippen molar-refractivity contribution in [3.05, 3.63) is 77.9 Å². The Kier molecular flexibility index (Phi) is 7.14. The highest BCUT2D eigenvalue weighted by Gasteiger charge is 2.26. The molecule has 11 heteroatoms. The molecule has 206 valence electrons. The lowest BCUT2D eigenvalue weighted by Crippen LogP contribution is -2.54. The lowest BCUT2D eigenvalue weighted by atomic mass is 10.0. The zero-order valence-electron chi connectivity index (χ0n) is 22.1. The molecule has 1 unspecified atom stereocenters. The molecule has 2 N–H and O–H groups in total. The van der Waals surface area contributed by atoms with Crippen LogP contribution >= 0.6 is 0 Å². The van der Waals surface area contributed by atoms with Gasteiger partial charge in [0, 0.05) is 62.4 Å². The number of aromatic nitrogens is 3. The second-order valence-electron chi connectivity index (χ2n) is 10.0. The Morgan fingerprint density at radius 3 is 2.70 bits per heavy atom. The number of rotatable bonds is 6. The zero-order valence-corrected chi connectivity index (χ0v) is 22.1. The van der Waals surface area contributed by atoms with Crippen LogP contribution in [0.3, 0.4) is 0 Å². The molecular weight excluding hydrogens is 513 g/mol. The molecule has 0 spiro atoms. The van der Waals surface area contributed by atoms with Crippen molar-refractivity contribution < 1.29 is 18.7 Å². The molecule has 2 fully saturated rings. The summed E-state index contributed by atoms with van der Waals surface area (Å²) in [5.41, 5.74) is 3.05. The number of anilines is 2. The zero-order chi connectivity index (χ0) is 27.6. The summed E-state index contributed by atoms with van der Waals surface area (Å²) < 4.78 is 22.1. The van der Waals surface area contributed by atoms with Gasteiger partial charge in [0.25, 0.3) is 5.91 Å². The predicted octanol–water partition coefficient (Wildman–Crippen LogP) is 2.75. The number of carbonyl (C=O) groups excluding carboxylic acids is 2. The molecule has 0 saturated carbocycles. The van der Waals surface area contributed by atoms with Crippen molar-refractivity contribution in [2.75, 3.05) is 51.8 Å². The van der Waals surface area contributed by atoms with Gasteiger partial charge in [-0.05, 0) is 48.4 Å². The van der Waals surface area contributed by atoms with Crippen LogP contribution in [0, 0.1) is 5.82 Å². The van der Waals surface area contributed by atoms with Gasteiger partial charge in [0.05, 0.1) is 24.8 Å². The Hall–Kier alpha value is -4.35. The van der Waals surface area contributed by atoms with E-state index in [4.69, 9.17) is 4.74 Å². The molecule has 2 aromatic heterocycles. The van der Waals surface area contributed by atoms with Gasteiger partial charge < -0.3 is 29.7 Å². The first-order chi connectivity index (χ1) is 19.5. The van der Waals surface area contributed by atoms with E-state index in [9.17, 15) is 9.59 Å². The topological polar surface area (TPSA) is 105 Å². The molecule has 2 aliphatic rings. The van der Waals surface area contributed by atoms with Gasteiger partial charge in [-0.3, -0.25) is 9.59 Å². The maximum absolute atomic E-state index is 15.1. The minimum absolute atomic E-state index is 0.0400. The van der Waals surface area contributed by atoms with Crippen molar-refractivity contribution in [2.45, 2.75) is 12.5 Å². The van der Waals surface area contributed by atoms with Gasteiger partial charge >= 0.3 is 0 Å². The maximum atomic E-state index is 15.1. The minimum atomic E-state index is -0.583. The Bertz CT molecular complexity index is 1550. The minimum Gasteiger partial charge on any atom is -0.378 e. The smallest absolute Gasteiger partial charge is 0.256 e. The van der Waals surface area contributed by atoms with E-state index in [1.165, 1.54) is 12.1 Å². The molecule has 2 amide bonds. The summed E-state index contributed by atoms with van der Waals surface area (Å²) in [6, 6.07) is 14.1. The van der Waals surface area contributed by atoms with E-state index in [-0.39, 0.29) is 23.4 Å². The van der Waals surface area contributed by atoms with E-state index in [1.54, 1.807) is 32.8 Å². The molecule has 4 aromatic rings. The van der Waals surface area contributed by atoms with Gasteiger partial charge in [0.15, 0.2) is 0 Å². The van der Waals surface area contributed by atoms with Crippen LogP contribution in [-0.4, -0.2) is 88.6 Å². The van der Waals surface area contributed by atoms with Gasteiger partial charge in [-0.2, -0.15) is 4.98 Å². The molecule has 0 radical (unpaired) electrons. The van der Waals surface area contributed by atoms with Crippen molar-refractivity contribution in [3.63, 3.8) is 0 Å². The largest absolute Gasteiger partial charge is 0.378 e. The van der Waals surface area contributed by atoms with Gasteiger partial charge in [0.1, 0.15) is 11.5 Å². The lowest BCUT2D eigenvalue weighted by molar-refractivity contribution is -0.134. The average molecular weight is 544 g/mol. The third kappa shape index (κ3) is 5.25. The van der Waals surface area contributed by atoms with E-state index in [2.05, 4.69) is 20.6 Å². The fraction of sp³-hybridized carbons (Fsp3) is 0.310. The number of hydrogen-bond donors (Lipinski definition) is 2. The Morgan fingerprint density at radius 1 is 1.12 bits per heavy atom. The van der Waals surface area contributed by atoms with Crippen LogP contribution in [0.5, 0.6) is 0 Å². The summed E-state index contributed by atoms with van der Waals surface area (Å²) in [5, 5.41) is 7.30. The van der Waals surface area contributed by atoms with Crippen molar-refractivity contribution in [3.8, 4) is 5.69 Å². The third-order valence-corrected chi connectivity index (χ3v) is 7.35. The molecule has 2 aliphatic heterocycles. The first-order valence-electron chi connectivity index (χ1n) is 13.3. The van der Waals surface area contributed by atoms with Crippen molar-refractivity contribution in [1.29, 1.82) is 0 Å². The Balaban J connectivity index is 1.18.